The molecular weight excluding hydrogens is 295 g/mol. The third-order valence-electron chi connectivity index (χ3n) is 6.11. The number of amides is 1. The molecule has 4 saturated carbocycles. The molecule has 0 atom stereocenters. The summed E-state index contributed by atoms with van der Waals surface area (Å²) >= 11 is 0. The molecule has 22 heavy (non-hydrogen) atoms. The van der Waals surface area contributed by atoms with Gasteiger partial charge in [0.05, 0.1) is 11.5 Å². The fourth-order valence-electron chi connectivity index (χ4n) is 5.63. The van der Waals surface area contributed by atoms with Crippen molar-refractivity contribution >= 4 is 5.91 Å². The van der Waals surface area contributed by atoms with Crippen LogP contribution in [0.15, 0.2) is 0 Å². The maximum Gasteiger partial charge on any atom is 0.411 e. The van der Waals surface area contributed by atoms with Crippen molar-refractivity contribution in [1.82, 2.24) is 4.90 Å². The van der Waals surface area contributed by atoms with E-state index in [9.17, 15) is 18.0 Å². The molecule has 3 nitrogen and oxygen atoms in total. The molecule has 4 bridgehead atoms. The average Bonchev–Trinajstić information content (AvgIpc) is 2.33. The normalized spacial score (nSPS) is 40.9. The highest BCUT2D eigenvalue weighted by Crippen LogP contribution is 2.60. The number of halogens is 3. The van der Waals surface area contributed by atoms with Gasteiger partial charge in [-0.3, -0.25) is 4.79 Å². The maximum atomic E-state index is 12.9. The highest BCUT2D eigenvalue weighted by Gasteiger charge is 2.56. The lowest BCUT2D eigenvalue weighted by Crippen LogP contribution is -2.62. The predicted octanol–water partition coefficient (Wildman–Crippen LogP) is 2.99. The summed E-state index contributed by atoms with van der Waals surface area (Å²) in [6.45, 7) is -0.551. The molecule has 5 aliphatic rings. The molecule has 0 aromatic carbocycles. The van der Waals surface area contributed by atoms with E-state index in [1.165, 1.54) is 19.3 Å². The van der Waals surface area contributed by atoms with Crippen LogP contribution in [0.25, 0.3) is 0 Å². The molecule has 0 aromatic rings. The molecule has 0 aromatic heterocycles. The maximum absolute atomic E-state index is 12.9. The minimum Gasteiger partial charge on any atom is -0.365 e. The number of ether oxygens (including phenoxy) is 1. The number of carbonyl (C=O) groups is 1. The van der Waals surface area contributed by atoms with Crippen molar-refractivity contribution in [2.24, 2.45) is 23.2 Å². The van der Waals surface area contributed by atoms with Crippen molar-refractivity contribution < 1.29 is 22.7 Å². The third kappa shape index (κ3) is 2.53. The zero-order chi connectivity index (χ0) is 15.5. The van der Waals surface area contributed by atoms with Crippen LogP contribution in [0.1, 0.15) is 38.5 Å². The molecule has 5 rings (SSSR count). The van der Waals surface area contributed by atoms with Gasteiger partial charge in [0.15, 0.2) is 0 Å². The number of alkyl halides is 3. The first-order valence-corrected chi connectivity index (χ1v) is 8.31. The van der Waals surface area contributed by atoms with Gasteiger partial charge in [-0.15, -0.1) is 0 Å². The molecule has 1 amide bonds. The summed E-state index contributed by atoms with van der Waals surface area (Å²) < 4.78 is 41.2. The Morgan fingerprint density at radius 2 is 1.55 bits per heavy atom. The zero-order valence-corrected chi connectivity index (χ0v) is 12.6. The molecule has 4 aliphatic carbocycles. The van der Waals surface area contributed by atoms with E-state index in [4.69, 9.17) is 4.74 Å². The van der Waals surface area contributed by atoms with Crippen LogP contribution in [0.5, 0.6) is 0 Å². The summed E-state index contributed by atoms with van der Waals surface area (Å²) in [5, 5.41) is 0. The van der Waals surface area contributed by atoms with Crippen molar-refractivity contribution in [2.75, 3.05) is 19.7 Å². The van der Waals surface area contributed by atoms with Crippen molar-refractivity contribution in [2.45, 2.75) is 50.8 Å². The lowest BCUT2D eigenvalue weighted by atomic mass is 9.49. The van der Waals surface area contributed by atoms with Gasteiger partial charge in [0.1, 0.15) is 6.61 Å². The van der Waals surface area contributed by atoms with E-state index in [1.807, 2.05) is 0 Å². The van der Waals surface area contributed by atoms with Gasteiger partial charge in [0.2, 0.25) is 5.91 Å². The van der Waals surface area contributed by atoms with Crippen LogP contribution < -0.4 is 0 Å². The van der Waals surface area contributed by atoms with Gasteiger partial charge in [-0.05, 0) is 56.3 Å². The Hall–Kier alpha value is -0.780. The summed E-state index contributed by atoms with van der Waals surface area (Å²) in [6, 6.07) is 0. The SMILES string of the molecule is O=C(N1CC(OCC(F)(F)F)C1)C12CC3CC(CC(C3)C1)C2. The molecule has 124 valence electrons. The Morgan fingerprint density at radius 3 is 2.00 bits per heavy atom. The van der Waals surface area contributed by atoms with Gasteiger partial charge in [-0.1, -0.05) is 0 Å². The molecule has 0 unspecified atom stereocenters. The lowest BCUT2D eigenvalue weighted by Gasteiger charge is -2.57. The second-order valence-electron chi connectivity index (χ2n) is 7.96. The fraction of sp³-hybridized carbons (Fsp3) is 0.938. The van der Waals surface area contributed by atoms with Crippen molar-refractivity contribution in [3.05, 3.63) is 0 Å². The number of rotatable bonds is 3. The summed E-state index contributed by atoms with van der Waals surface area (Å²) in [6.07, 6.45) is 2.12. The largest absolute Gasteiger partial charge is 0.411 e. The van der Waals surface area contributed by atoms with Gasteiger partial charge >= 0.3 is 6.18 Å². The Balaban J connectivity index is 1.34. The second kappa shape index (κ2) is 4.86. The highest BCUT2D eigenvalue weighted by molar-refractivity contribution is 5.84. The Bertz CT molecular complexity index is 435. The minimum atomic E-state index is -4.29. The Labute approximate surface area is 128 Å². The third-order valence-corrected chi connectivity index (χ3v) is 6.11. The number of nitrogens with zero attached hydrogens (tertiary/aromatic N) is 1. The van der Waals surface area contributed by atoms with Crippen molar-refractivity contribution in [3.63, 3.8) is 0 Å². The van der Waals surface area contributed by atoms with E-state index in [0.717, 1.165) is 19.3 Å². The quantitative estimate of drug-likeness (QED) is 0.801. The van der Waals surface area contributed by atoms with E-state index in [1.54, 1.807) is 4.90 Å². The minimum absolute atomic E-state index is 0.191. The van der Waals surface area contributed by atoms with Gasteiger partial charge in [-0.2, -0.15) is 13.2 Å². The molecule has 0 N–H and O–H groups in total. The topological polar surface area (TPSA) is 29.5 Å². The summed E-state index contributed by atoms with van der Waals surface area (Å²) in [4.78, 5) is 14.6. The fourth-order valence-corrected chi connectivity index (χ4v) is 5.63. The van der Waals surface area contributed by atoms with E-state index < -0.39 is 18.9 Å². The number of hydrogen-bond acceptors (Lipinski definition) is 2. The first-order chi connectivity index (χ1) is 10.3. The number of carbonyl (C=O) groups excluding carboxylic acids is 1. The van der Waals surface area contributed by atoms with E-state index >= 15 is 0 Å². The molecule has 5 fully saturated rings. The highest BCUT2D eigenvalue weighted by atomic mass is 19.4. The van der Waals surface area contributed by atoms with Crippen LogP contribution in [0.4, 0.5) is 13.2 Å². The first kappa shape index (κ1) is 14.8. The monoisotopic (exact) mass is 317 g/mol. The van der Waals surface area contributed by atoms with Gasteiger partial charge in [0.25, 0.3) is 0 Å². The molecule has 1 saturated heterocycles. The van der Waals surface area contributed by atoms with Crippen LogP contribution in [-0.2, 0) is 9.53 Å². The summed E-state index contributed by atoms with van der Waals surface area (Å²) in [5.41, 5.74) is -0.191. The molecular formula is C16H22F3NO2. The molecule has 6 heteroatoms. The van der Waals surface area contributed by atoms with E-state index in [2.05, 4.69) is 0 Å². The second-order valence-corrected chi connectivity index (χ2v) is 7.96. The van der Waals surface area contributed by atoms with Crippen LogP contribution in [0, 0.1) is 23.2 Å². The Kier molecular flexibility index (Phi) is 3.26. The summed E-state index contributed by atoms with van der Waals surface area (Å²) in [7, 11) is 0. The van der Waals surface area contributed by atoms with Crippen LogP contribution in [-0.4, -0.2) is 42.8 Å². The Morgan fingerprint density at radius 1 is 1.05 bits per heavy atom. The van der Waals surface area contributed by atoms with Crippen molar-refractivity contribution in [1.29, 1.82) is 0 Å². The zero-order valence-electron chi connectivity index (χ0n) is 12.6. The molecule has 1 aliphatic heterocycles. The predicted molar refractivity (Wildman–Crippen MR) is 73.0 cm³/mol. The number of hydrogen-bond donors (Lipinski definition) is 0. The first-order valence-electron chi connectivity index (χ1n) is 8.31. The standard InChI is InChI=1S/C16H22F3NO2/c17-16(18,19)9-22-13-7-20(8-13)14(21)15-4-10-1-11(5-15)3-12(2-10)6-15/h10-13H,1-9H2. The van der Waals surface area contributed by atoms with Crippen LogP contribution in [0.3, 0.4) is 0 Å². The smallest absolute Gasteiger partial charge is 0.365 e. The lowest BCUT2D eigenvalue weighted by molar-refractivity contribution is -0.204. The average molecular weight is 317 g/mol. The van der Waals surface area contributed by atoms with Crippen molar-refractivity contribution in [3.8, 4) is 0 Å². The van der Waals surface area contributed by atoms with E-state index in [0.29, 0.717) is 30.8 Å². The van der Waals surface area contributed by atoms with Gasteiger partial charge in [-0.25, -0.2) is 0 Å². The van der Waals surface area contributed by atoms with Crippen LogP contribution in [0.2, 0.25) is 0 Å². The molecule has 0 radical (unpaired) electrons. The van der Waals surface area contributed by atoms with Gasteiger partial charge in [0, 0.05) is 13.1 Å². The van der Waals surface area contributed by atoms with Crippen LogP contribution >= 0.6 is 0 Å². The van der Waals surface area contributed by atoms with E-state index in [-0.39, 0.29) is 11.3 Å². The molecule has 1 heterocycles. The summed E-state index contributed by atoms with van der Waals surface area (Å²) in [5.74, 6) is 2.30. The number of likely N-dealkylation sites (tertiary alicyclic amines) is 1. The molecule has 0 spiro atoms. The van der Waals surface area contributed by atoms with Gasteiger partial charge < -0.3 is 9.64 Å².